The van der Waals surface area contributed by atoms with Gasteiger partial charge in [0.1, 0.15) is 5.75 Å². The molecule has 3 aromatic rings. The van der Waals surface area contributed by atoms with E-state index >= 15 is 0 Å². The number of benzene rings is 2. The predicted octanol–water partition coefficient (Wildman–Crippen LogP) is 4.34. The Balaban J connectivity index is 1.66. The molecule has 0 aliphatic carbocycles. The SMILES string of the molecule is CCn1c(SCC(=O)Nc2ccc(C(F)F)cc2)nnc1-c1ccccc1O. The largest absolute Gasteiger partial charge is 0.507 e. The summed E-state index contributed by atoms with van der Waals surface area (Å²) in [6, 6.07) is 12.3. The number of nitrogens with zero attached hydrogens (tertiary/aromatic N) is 3. The average molecular weight is 404 g/mol. The summed E-state index contributed by atoms with van der Waals surface area (Å²) in [7, 11) is 0. The third kappa shape index (κ3) is 4.48. The van der Waals surface area contributed by atoms with Gasteiger partial charge in [-0.05, 0) is 31.2 Å². The molecule has 0 radical (unpaired) electrons. The van der Waals surface area contributed by atoms with E-state index in [1.165, 1.54) is 36.0 Å². The molecule has 0 aliphatic rings. The first-order valence-electron chi connectivity index (χ1n) is 8.52. The van der Waals surface area contributed by atoms with Crippen molar-refractivity contribution in [2.75, 3.05) is 11.1 Å². The summed E-state index contributed by atoms with van der Waals surface area (Å²) in [5, 5.41) is 21.5. The number of halogens is 2. The van der Waals surface area contributed by atoms with Crippen molar-refractivity contribution in [2.45, 2.75) is 25.1 Å². The lowest BCUT2D eigenvalue weighted by Gasteiger charge is -2.09. The van der Waals surface area contributed by atoms with E-state index in [4.69, 9.17) is 0 Å². The van der Waals surface area contributed by atoms with Crippen LogP contribution in [0, 0.1) is 0 Å². The monoisotopic (exact) mass is 404 g/mol. The zero-order valence-corrected chi connectivity index (χ0v) is 15.8. The maximum atomic E-state index is 12.6. The third-order valence-corrected chi connectivity index (χ3v) is 4.92. The second kappa shape index (κ2) is 8.83. The van der Waals surface area contributed by atoms with Crippen molar-refractivity contribution < 1.29 is 18.7 Å². The number of anilines is 1. The molecule has 1 heterocycles. The van der Waals surface area contributed by atoms with Crippen LogP contribution >= 0.6 is 11.8 Å². The highest BCUT2D eigenvalue weighted by molar-refractivity contribution is 7.99. The fourth-order valence-corrected chi connectivity index (χ4v) is 3.38. The van der Waals surface area contributed by atoms with Crippen molar-refractivity contribution in [2.24, 2.45) is 0 Å². The van der Waals surface area contributed by atoms with Gasteiger partial charge < -0.3 is 15.0 Å². The molecule has 2 N–H and O–H groups in total. The number of para-hydroxylation sites is 1. The van der Waals surface area contributed by atoms with Crippen LogP contribution in [0.2, 0.25) is 0 Å². The summed E-state index contributed by atoms with van der Waals surface area (Å²) in [4.78, 5) is 12.2. The molecule has 0 bridgehead atoms. The maximum Gasteiger partial charge on any atom is 0.263 e. The molecule has 0 fully saturated rings. The first-order valence-corrected chi connectivity index (χ1v) is 9.50. The minimum absolute atomic E-state index is 0.0789. The van der Waals surface area contributed by atoms with E-state index in [9.17, 15) is 18.7 Å². The van der Waals surface area contributed by atoms with Gasteiger partial charge in [0.25, 0.3) is 6.43 Å². The molecule has 2 aromatic carbocycles. The number of aromatic hydroxyl groups is 1. The van der Waals surface area contributed by atoms with Gasteiger partial charge in [0.2, 0.25) is 5.91 Å². The summed E-state index contributed by atoms with van der Waals surface area (Å²) in [6.07, 6.45) is -2.54. The molecule has 0 saturated heterocycles. The van der Waals surface area contributed by atoms with Crippen molar-refractivity contribution >= 4 is 23.4 Å². The molecule has 1 amide bonds. The molecule has 9 heteroatoms. The number of alkyl halides is 2. The van der Waals surface area contributed by atoms with E-state index < -0.39 is 6.43 Å². The fraction of sp³-hybridized carbons (Fsp3) is 0.211. The Bertz CT molecular complexity index is 961. The molecule has 3 rings (SSSR count). The molecule has 146 valence electrons. The van der Waals surface area contributed by atoms with Crippen LogP contribution in [0.3, 0.4) is 0 Å². The normalized spacial score (nSPS) is 11.0. The van der Waals surface area contributed by atoms with Crippen LogP contribution < -0.4 is 5.32 Å². The smallest absolute Gasteiger partial charge is 0.263 e. The number of amides is 1. The molecule has 0 atom stereocenters. The van der Waals surface area contributed by atoms with Gasteiger partial charge in [-0.15, -0.1) is 10.2 Å². The number of hydrogen-bond donors (Lipinski definition) is 2. The van der Waals surface area contributed by atoms with E-state index in [1.807, 2.05) is 11.5 Å². The maximum absolute atomic E-state index is 12.6. The molecular formula is C19H18F2N4O2S. The van der Waals surface area contributed by atoms with Gasteiger partial charge in [0.15, 0.2) is 11.0 Å². The Kier molecular flexibility index (Phi) is 6.25. The van der Waals surface area contributed by atoms with Crippen LogP contribution in [0.25, 0.3) is 11.4 Å². The Morgan fingerprint density at radius 2 is 1.89 bits per heavy atom. The zero-order chi connectivity index (χ0) is 20.1. The highest BCUT2D eigenvalue weighted by Gasteiger charge is 2.17. The highest BCUT2D eigenvalue weighted by atomic mass is 32.2. The van der Waals surface area contributed by atoms with Crippen LogP contribution in [0.4, 0.5) is 14.5 Å². The molecule has 6 nitrogen and oxygen atoms in total. The minimum Gasteiger partial charge on any atom is -0.507 e. The fourth-order valence-electron chi connectivity index (χ4n) is 2.58. The van der Waals surface area contributed by atoms with Gasteiger partial charge in [-0.2, -0.15) is 0 Å². The van der Waals surface area contributed by atoms with E-state index in [-0.39, 0.29) is 23.0 Å². The Hall–Kier alpha value is -2.94. The summed E-state index contributed by atoms with van der Waals surface area (Å²) in [5.41, 5.74) is 0.911. The van der Waals surface area contributed by atoms with Gasteiger partial charge in [0, 0.05) is 17.8 Å². The summed E-state index contributed by atoms with van der Waals surface area (Å²) in [5.74, 6) is 0.414. The first kappa shape index (κ1) is 19.8. The number of nitrogens with one attached hydrogen (secondary N) is 1. The molecule has 0 spiro atoms. The number of aromatic nitrogens is 3. The van der Waals surface area contributed by atoms with E-state index in [1.54, 1.807) is 24.3 Å². The second-order valence-corrected chi connectivity index (χ2v) is 6.77. The molecule has 0 aliphatic heterocycles. The van der Waals surface area contributed by atoms with Crippen LogP contribution in [0.5, 0.6) is 5.75 Å². The number of phenols is 1. The predicted molar refractivity (Wildman–Crippen MR) is 104 cm³/mol. The number of rotatable bonds is 7. The number of hydrogen-bond acceptors (Lipinski definition) is 5. The molecule has 0 saturated carbocycles. The van der Waals surface area contributed by atoms with E-state index in [0.29, 0.717) is 28.8 Å². The van der Waals surface area contributed by atoms with Crippen molar-refractivity contribution in [3.63, 3.8) is 0 Å². The molecular weight excluding hydrogens is 386 g/mol. The van der Waals surface area contributed by atoms with Gasteiger partial charge in [-0.25, -0.2) is 8.78 Å². The first-order chi connectivity index (χ1) is 13.5. The number of phenolic OH excluding ortho intramolecular Hbond substituents is 1. The van der Waals surface area contributed by atoms with Crippen molar-refractivity contribution in [1.82, 2.24) is 14.8 Å². The van der Waals surface area contributed by atoms with Crippen LogP contribution in [0.15, 0.2) is 53.7 Å². The lowest BCUT2D eigenvalue weighted by Crippen LogP contribution is -2.14. The van der Waals surface area contributed by atoms with E-state index in [2.05, 4.69) is 15.5 Å². The lowest BCUT2D eigenvalue weighted by atomic mass is 10.2. The number of carbonyl (C=O) groups is 1. The second-order valence-electron chi connectivity index (χ2n) is 5.83. The van der Waals surface area contributed by atoms with Crippen LogP contribution in [0.1, 0.15) is 18.9 Å². The Morgan fingerprint density at radius 3 is 2.54 bits per heavy atom. The van der Waals surface area contributed by atoms with Crippen LogP contribution in [-0.2, 0) is 11.3 Å². The van der Waals surface area contributed by atoms with E-state index in [0.717, 1.165) is 0 Å². The average Bonchev–Trinajstić information content (AvgIpc) is 3.10. The lowest BCUT2D eigenvalue weighted by molar-refractivity contribution is -0.113. The molecule has 0 unspecified atom stereocenters. The summed E-state index contributed by atoms with van der Waals surface area (Å²) >= 11 is 1.20. The van der Waals surface area contributed by atoms with Crippen molar-refractivity contribution in [3.05, 3.63) is 54.1 Å². The molecule has 28 heavy (non-hydrogen) atoms. The topological polar surface area (TPSA) is 80.0 Å². The quantitative estimate of drug-likeness (QED) is 0.573. The molecule has 1 aromatic heterocycles. The summed E-state index contributed by atoms with van der Waals surface area (Å²) < 4.78 is 26.9. The number of thioether (sulfide) groups is 1. The van der Waals surface area contributed by atoms with Gasteiger partial charge in [0.05, 0.1) is 11.3 Å². The highest BCUT2D eigenvalue weighted by Crippen LogP contribution is 2.30. The van der Waals surface area contributed by atoms with Crippen molar-refractivity contribution in [1.29, 1.82) is 0 Å². The van der Waals surface area contributed by atoms with Gasteiger partial charge in [-0.1, -0.05) is 36.0 Å². The van der Waals surface area contributed by atoms with Crippen LogP contribution in [-0.4, -0.2) is 31.5 Å². The zero-order valence-electron chi connectivity index (χ0n) is 15.0. The Morgan fingerprint density at radius 1 is 1.18 bits per heavy atom. The van der Waals surface area contributed by atoms with Crippen molar-refractivity contribution in [3.8, 4) is 17.1 Å². The summed E-state index contributed by atoms with van der Waals surface area (Å²) in [6.45, 7) is 2.48. The van der Waals surface area contributed by atoms with Gasteiger partial charge in [-0.3, -0.25) is 4.79 Å². The van der Waals surface area contributed by atoms with Gasteiger partial charge >= 0.3 is 0 Å². The Labute approximate surface area is 164 Å². The minimum atomic E-state index is -2.54. The number of carbonyl (C=O) groups excluding carboxylic acids is 1. The third-order valence-electron chi connectivity index (χ3n) is 3.96. The standard InChI is InChI=1S/C19H18F2N4O2S/c1-2-25-18(14-5-3-4-6-15(14)26)23-24-19(25)28-11-16(27)22-13-9-7-12(8-10-13)17(20)21/h3-10,17,26H,2,11H2,1H3,(H,22,27).